The molecular weight excluding hydrogens is 350 g/mol. The molecule has 3 heteroatoms. The highest BCUT2D eigenvalue weighted by molar-refractivity contribution is 8.37. The summed E-state index contributed by atoms with van der Waals surface area (Å²) in [5, 5.41) is 17.2. The van der Waals surface area contributed by atoms with Crippen LogP contribution >= 0.6 is 10.2 Å². The number of hydrogen-bond acceptors (Lipinski definition) is 2. The predicted octanol–water partition coefficient (Wildman–Crippen LogP) is 6.54. The van der Waals surface area contributed by atoms with Crippen LogP contribution in [0.15, 0.2) is 52.8 Å². The minimum absolute atomic E-state index is 0.127. The van der Waals surface area contributed by atoms with Crippen molar-refractivity contribution in [2.45, 2.75) is 64.7 Å². The number of allylic oxidation sites excluding steroid dienone is 2. The van der Waals surface area contributed by atoms with E-state index in [1.807, 2.05) is 6.07 Å². The Bertz CT molecular complexity index is 673. The second-order valence-electron chi connectivity index (χ2n) is 8.26. The van der Waals surface area contributed by atoms with Gasteiger partial charge in [-0.25, -0.2) is 0 Å². The molecule has 0 radical (unpaired) electrons. The molecule has 0 aromatic heterocycles. The van der Waals surface area contributed by atoms with E-state index in [1.54, 1.807) is 0 Å². The molecule has 27 heavy (non-hydrogen) atoms. The predicted molar refractivity (Wildman–Crippen MR) is 119 cm³/mol. The van der Waals surface area contributed by atoms with Crippen molar-refractivity contribution in [3.63, 3.8) is 0 Å². The average Bonchev–Trinajstić information content (AvgIpc) is 3.16. The zero-order valence-corrected chi connectivity index (χ0v) is 18.3. The van der Waals surface area contributed by atoms with Crippen LogP contribution in [0.4, 0.5) is 0 Å². The first kappa shape index (κ1) is 20.7. The van der Waals surface area contributed by atoms with Gasteiger partial charge in [0.15, 0.2) is 0 Å². The van der Waals surface area contributed by atoms with Gasteiger partial charge in [0.2, 0.25) is 0 Å². The first-order chi connectivity index (χ1) is 13.0. The lowest BCUT2D eigenvalue weighted by molar-refractivity contribution is 0.0777. The van der Waals surface area contributed by atoms with Crippen molar-refractivity contribution in [2.75, 3.05) is 13.1 Å². The molecule has 150 valence electrons. The lowest BCUT2D eigenvalue weighted by atomic mass is 9.84. The van der Waals surface area contributed by atoms with Crippen molar-refractivity contribution in [1.29, 1.82) is 0 Å². The molecule has 1 aromatic carbocycles. The number of hydrogen-bond donors (Lipinski definition) is 1. The van der Waals surface area contributed by atoms with Gasteiger partial charge in [0, 0.05) is 13.1 Å². The van der Waals surface area contributed by atoms with Gasteiger partial charge in [0.1, 0.15) is 4.93 Å². The topological polar surface area (TPSA) is 23.5 Å². The summed E-state index contributed by atoms with van der Waals surface area (Å²) >= 11 is 0. The quantitative estimate of drug-likeness (QED) is 0.574. The van der Waals surface area contributed by atoms with Gasteiger partial charge in [0.05, 0.1) is 0 Å². The third-order valence-corrected chi connectivity index (χ3v) is 10.7. The summed E-state index contributed by atoms with van der Waals surface area (Å²) in [5.41, 5.74) is 2.53. The smallest absolute Gasteiger partial charge is 0.141 e. The molecule has 1 aromatic rings. The van der Waals surface area contributed by atoms with Crippen LogP contribution in [0, 0.1) is 11.8 Å². The molecular formula is C24H37NOS. The molecule has 0 saturated heterocycles. The lowest BCUT2D eigenvalue weighted by Gasteiger charge is -2.55. The fourth-order valence-electron chi connectivity index (χ4n) is 4.92. The Hall–Kier alpha value is -1.03. The molecule has 2 unspecified atom stereocenters. The van der Waals surface area contributed by atoms with E-state index in [9.17, 15) is 5.11 Å². The fourth-order valence-corrected chi connectivity index (χ4v) is 9.27. The lowest BCUT2D eigenvalue weighted by Crippen LogP contribution is -2.44. The Kier molecular flexibility index (Phi) is 6.55. The Morgan fingerprint density at radius 1 is 1.07 bits per heavy atom. The molecule has 0 amide bonds. The maximum atomic E-state index is 12.4. The van der Waals surface area contributed by atoms with Gasteiger partial charge in [-0.05, 0) is 46.6 Å². The van der Waals surface area contributed by atoms with Gasteiger partial charge in [-0.2, -0.15) is 0 Å². The number of rotatable bonds is 7. The summed E-state index contributed by atoms with van der Waals surface area (Å²) in [6.07, 6.45) is 9.03. The Labute approximate surface area is 167 Å². The minimum Gasteiger partial charge on any atom is -0.375 e. The van der Waals surface area contributed by atoms with Gasteiger partial charge in [-0.3, -0.25) is 4.31 Å². The minimum atomic E-state index is -1.65. The van der Waals surface area contributed by atoms with Crippen LogP contribution in [-0.2, 0) is 4.93 Å². The van der Waals surface area contributed by atoms with E-state index in [2.05, 4.69) is 73.2 Å². The normalized spacial score (nSPS) is 28.2. The van der Waals surface area contributed by atoms with Crippen molar-refractivity contribution in [3.8, 4) is 0 Å². The Morgan fingerprint density at radius 3 is 2.26 bits per heavy atom. The van der Waals surface area contributed by atoms with Crippen LogP contribution in [0.2, 0.25) is 0 Å². The summed E-state index contributed by atoms with van der Waals surface area (Å²) in [5.74, 6) is 0.800. The highest BCUT2D eigenvalue weighted by atomic mass is 32.3. The maximum absolute atomic E-state index is 12.4. The zero-order chi connectivity index (χ0) is 19.5. The first-order valence-corrected chi connectivity index (χ1v) is 12.5. The van der Waals surface area contributed by atoms with E-state index in [-0.39, 0.29) is 5.92 Å². The maximum Gasteiger partial charge on any atom is 0.141 e. The fraction of sp³-hybridized carbons (Fsp3) is 0.583. The summed E-state index contributed by atoms with van der Waals surface area (Å²) in [7, 11) is -1.65. The highest BCUT2D eigenvalue weighted by Crippen LogP contribution is 2.72. The van der Waals surface area contributed by atoms with Gasteiger partial charge >= 0.3 is 0 Å². The molecule has 1 N–H and O–H groups in total. The van der Waals surface area contributed by atoms with Crippen LogP contribution < -0.4 is 0 Å². The SMILES string of the molecule is CCN(CC)S1(C(O)(c2ccccc2)C(C)C)C=CC(C2CCCCC2)=C1. The van der Waals surface area contributed by atoms with Crippen LogP contribution in [0.1, 0.15) is 65.4 Å². The van der Waals surface area contributed by atoms with Crippen molar-refractivity contribution < 1.29 is 5.11 Å². The third kappa shape index (κ3) is 3.54. The van der Waals surface area contributed by atoms with E-state index in [1.165, 1.54) is 37.7 Å². The van der Waals surface area contributed by atoms with Crippen LogP contribution in [0.25, 0.3) is 0 Å². The average molecular weight is 388 g/mol. The van der Waals surface area contributed by atoms with Gasteiger partial charge < -0.3 is 5.11 Å². The molecule has 2 nitrogen and oxygen atoms in total. The van der Waals surface area contributed by atoms with E-state index < -0.39 is 15.1 Å². The van der Waals surface area contributed by atoms with Crippen molar-refractivity contribution in [3.05, 3.63) is 58.4 Å². The van der Waals surface area contributed by atoms with Crippen LogP contribution in [0.3, 0.4) is 0 Å². The summed E-state index contributed by atoms with van der Waals surface area (Å²) < 4.78 is 2.52. The molecule has 1 aliphatic heterocycles. The number of nitrogens with zero attached hydrogens (tertiary/aromatic N) is 1. The van der Waals surface area contributed by atoms with Gasteiger partial charge in [-0.15, -0.1) is 10.2 Å². The molecule has 2 atom stereocenters. The molecule has 3 rings (SSSR count). The van der Waals surface area contributed by atoms with Crippen molar-refractivity contribution in [1.82, 2.24) is 4.31 Å². The molecule has 0 bridgehead atoms. The van der Waals surface area contributed by atoms with Gasteiger partial charge in [0.25, 0.3) is 0 Å². The van der Waals surface area contributed by atoms with E-state index in [0.29, 0.717) is 5.92 Å². The second kappa shape index (κ2) is 8.55. The second-order valence-corrected chi connectivity index (χ2v) is 11.3. The molecule has 1 fully saturated rings. The largest absolute Gasteiger partial charge is 0.375 e. The Balaban J connectivity index is 2.13. The highest BCUT2D eigenvalue weighted by Gasteiger charge is 2.51. The van der Waals surface area contributed by atoms with Crippen molar-refractivity contribution in [2.24, 2.45) is 11.8 Å². The third-order valence-electron chi connectivity index (χ3n) is 6.46. The van der Waals surface area contributed by atoms with E-state index in [4.69, 9.17) is 0 Å². The number of benzene rings is 1. The summed E-state index contributed by atoms with van der Waals surface area (Å²) in [4.78, 5) is -0.882. The molecule has 1 saturated carbocycles. The molecule has 0 spiro atoms. The van der Waals surface area contributed by atoms with E-state index >= 15 is 0 Å². The monoisotopic (exact) mass is 387 g/mol. The first-order valence-electron chi connectivity index (χ1n) is 10.7. The summed E-state index contributed by atoms with van der Waals surface area (Å²) in [6, 6.07) is 10.4. The molecule has 2 aliphatic rings. The molecule has 1 heterocycles. The van der Waals surface area contributed by atoms with Gasteiger partial charge in [-0.1, -0.05) is 83.4 Å². The zero-order valence-electron chi connectivity index (χ0n) is 17.5. The van der Waals surface area contributed by atoms with Crippen LogP contribution in [-0.4, -0.2) is 22.5 Å². The molecule has 1 aliphatic carbocycles. The summed E-state index contributed by atoms with van der Waals surface area (Å²) in [6.45, 7) is 10.7. The Morgan fingerprint density at radius 2 is 1.70 bits per heavy atom. The van der Waals surface area contributed by atoms with Crippen molar-refractivity contribution >= 4 is 10.2 Å². The van der Waals surface area contributed by atoms with Crippen LogP contribution in [0.5, 0.6) is 0 Å². The number of aliphatic hydroxyl groups is 1. The van der Waals surface area contributed by atoms with E-state index in [0.717, 1.165) is 18.7 Å². The standard InChI is InChI=1S/C24H37NOS/c1-5-25(6-2)27(18-17-22(19-27)21-13-9-7-10-14-21)24(26,20(3)4)23-15-11-8-12-16-23/h8,11-12,15-21,26H,5-7,9-10,13-14H2,1-4H3.